The maximum Gasteiger partial charge on any atom is 0.196 e. The third-order valence-electron chi connectivity index (χ3n) is 2.73. The maximum atomic E-state index is 12.3. The SMILES string of the molecule is COc1ccc(C(=O)c2cccnc2N)cc1OC. The van der Waals surface area contributed by atoms with E-state index in [0.717, 1.165) is 0 Å². The number of ketones is 1. The summed E-state index contributed by atoms with van der Waals surface area (Å²) in [7, 11) is 3.06. The van der Waals surface area contributed by atoms with E-state index in [2.05, 4.69) is 4.98 Å². The molecular formula is C14H14N2O3. The van der Waals surface area contributed by atoms with Crippen molar-refractivity contribution in [3.8, 4) is 11.5 Å². The fourth-order valence-electron chi connectivity index (χ4n) is 1.74. The number of methoxy groups -OCH3 is 2. The zero-order chi connectivity index (χ0) is 13.8. The summed E-state index contributed by atoms with van der Waals surface area (Å²) < 4.78 is 10.3. The molecule has 0 aliphatic heterocycles. The normalized spacial score (nSPS) is 10.0. The largest absolute Gasteiger partial charge is 0.493 e. The summed E-state index contributed by atoms with van der Waals surface area (Å²) >= 11 is 0. The van der Waals surface area contributed by atoms with Crippen molar-refractivity contribution in [3.05, 3.63) is 47.7 Å². The monoisotopic (exact) mass is 258 g/mol. The van der Waals surface area contributed by atoms with Gasteiger partial charge in [-0.15, -0.1) is 0 Å². The minimum absolute atomic E-state index is 0.202. The number of ether oxygens (including phenoxy) is 2. The van der Waals surface area contributed by atoms with Gasteiger partial charge in [-0.05, 0) is 30.3 Å². The van der Waals surface area contributed by atoms with E-state index in [4.69, 9.17) is 15.2 Å². The molecule has 0 saturated carbocycles. The van der Waals surface area contributed by atoms with Gasteiger partial charge in [0.1, 0.15) is 5.82 Å². The van der Waals surface area contributed by atoms with Crippen LogP contribution in [0.1, 0.15) is 15.9 Å². The zero-order valence-electron chi connectivity index (χ0n) is 10.7. The van der Waals surface area contributed by atoms with Crippen LogP contribution in [0.2, 0.25) is 0 Å². The molecule has 5 heteroatoms. The number of nitrogens with two attached hydrogens (primary N) is 1. The Kier molecular flexibility index (Phi) is 3.66. The molecule has 2 N–H and O–H groups in total. The first kappa shape index (κ1) is 12.9. The third-order valence-corrected chi connectivity index (χ3v) is 2.73. The molecule has 0 amide bonds. The lowest BCUT2D eigenvalue weighted by atomic mass is 10.0. The van der Waals surface area contributed by atoms with Gasteiger partial charge in [0.2, 0.25) is 0 Å². The first-order valence-corrected chi connectivity index (χ1v) is 5.64. The molecule has 0 radical (unpaired) electrons. The second-order valence-electron chi connectivity index (χ2n) is 3.84. The number of nitrogen functional groups attached to an aromatic ring is 1. The highest BCUT2D eigenvalue weighted by Crippen LogP contribution is 2.28. The number of benzene rings is 1. The molecule has 0 saturated heterocycles. The van der Waals surface area contributed by atoms with E-state index < -0.39 is 0 Å². The van der Waals surface area contributed by atoms with Gasteiger partial charge in [-0.1, -0.05) is 0 Å². The lowest BCUT2D eigenvalue weighted by Crippen LogP contribution is -2.07. The molecule has 1 heterocycles. The van der Waals surface area contributed by atoms with E-state index in [9.17, 15) is 4.79 Å². The summed E-state index contributed by atoms with van der Waals surface area (Å²) in [6.45, 7) is 0. The van der Waals surface area contributed by atoms with Crippen LogP contribution in [0, 0.1) is 0 Å². The Morgan fingerprint density at radius 1 is 1.16 bits per heavy atom. The van der Waals surface area contributed by atoms with Crippen LogP contribution in [0.3, 0.4) is 0 Å². The summed E-state index contributed by atoms with van der Waals surface area (Å²) in [5.74, 6) is 1.07. The molecule has 0 aliphatic rings. The molecule has 0 atom stereocenters. The van der Waals surface area contributed by atoms with Crippen LogP contribution < -0.4 is 15.2 Å². The fourth-order valence-corrected chi connectivity index (χ4v) is 1.74. The van der Waals surface area contributed by atoms with Gasteiger partial charge in [-0.3, -0.25) is 4.79 Å². The molecule has 19 heavy (non-hydrogen) atoms. The van der Waals surface area contributed by atoms with Crippen LogP contribution in [0.25, 0.3) is 0 Å². The van der Waals surface area contributed by atoms with Gasteiger partial charge in [0.25, 0.3) is 0 Å². The van der Waals surface area contributed by atoms with Crippen LogP contribution >= 0.6 is 0 Å². The molecule has 5 nitrogen and oxygen atoms in total. The smallest absolute Gasteiger partial charge is 0.196 e. The van der Waals surface area contributed by atoms with Gasteiger partial charge in [0, 0.05) is 11.8 Å². The van der Waals surface area contributed by atoms with E-state index in [1.807, 2.05) is 0 Å². The quantitative estimate of drug-likeness (QED) is 0.848. The van der Waals surface area contributed by atoms with Crippen LogP contribution in [0.5, 0.6) is 11.5 Å². The molecule has 98 valence electrons. The average Bonchev–Trinajstić information content (AvgIpc) is 2.46. The minimum Gasteiger partial charge on any atom is -0.493 e. The van der Waals surface area contributed by atoms with Crippen molar-refractivity contribution in [1.82, 2.24) is 4.98 Å². The van der Waals surface area contributed by atoms with Gasteiger partial charge >= 0.3 is 0 Å². The van der Waals surface area contributed by atoms with Crippen molar-refractivity contribution in [1.29, 1.82) is 0 Å². The standard InChI is InChI=1S/C14H14N2O3/c1-18-11-6-5-9(8-12(11)19-2)13(17)10-4-3-7-16-14(10)15/h3-8H,1-2H3,(H2,15,16). The number of hydrogen-bond acceptors (Lipinski definition) is 5. The predicted molar refractivity (Wildman–Crippen MR) is 71.6 cm³/mol. The maximum absolute atomic E-state index is 12.3. The fraction of sp³-hybridized carbons (Fsp3) is 0.143. The molecule has 0 unspecified atom stereocenters. The second kappa shape index (κ2) is 5.39. The van der Waals surface area contributed by atoms with E-state index >= 15 is 0 Å². The van der Waals surface area contributed by atoms with Crippen molar-refractivity contribution in [2.45, 2.75) is 0 Å². The zero-order valence-corrected chi connectivity index (χ0v) is 10.7. The van der Waals surface area contributed by atoms with E-state index in [1.165, 1.54) is 7.11 Å². The van der Waals surface area contributed by atoms with Gasteiger partial charge in [-0.25, -0.2) is 4.98 Å². The van der Waals surface area contributed by atoms with Crippen molar-refractivity contribution >= 4 is 11.6 Å². The number of carbonyl (C=O) groups excluding carboxylic acids is 1. The number of rotatable bonds is 4. The molecule has 2 rings (SSSR count). The molecule has 0 fully saturated rings. The van der Waals surface area contributed by atoms with Crippen LogP contribution in [0.15, 0.2) is 36.5 Å². The molecule has 1 aromatic heterocycles. The second-order valence-corrected chi connectivity index (χ2v) is 3.84. The Morgan fingerprint density at radius 2 is 1.89 bits per heavy atom. The van der Waals surface area contributed by atoms with Crippen molar-refractivity contribution in [2.24, 2.45) is 0 Å². The van der Waals surface area contributed by atoms with Gasteiger partial charge in [0.05, 0.1) is 19.8 Å². The van der Waals surface area contributed by atoms with E-state index in [1.54, 1.807) is 43.6 Å². The summed E-state index contributed by atoms with van der Waals surface area (Å²) in [6, 6.07) is 8.27. The van der Waals surface area contributed by atoms with Crippen molar-refractivity contribution in [3.63, 3.8) is 0 Å². The Bertz CT molecular complexity index is 611. The number of hydrogen-bond donors (Lipinski definition) is 1. The molecular weight excluding hydrogens is 244 g/mol. The number of anilines is 1. The molecule has 1 aromatic carbocycles. The number of aromatic nitrogens is 1. The summed E-state index contributed by atoms with van der Waals surface area (Å²) in [5.41, 5.74) is 6.54. The average molecular weight is 258 g/mol. The first-order valence-electron chi connectivity index (χ1n) is 5.64. The Hall–Kier alpha value is -2.56. The topological polar surface area (TPSA) is 74.4 Å². The highest BCUT2D eigenvalue weighted by Gasteiger charge is 2.15. The summed E-state index contributed by atoms with van der Waals surface area (Å²) in [5, 5.41) is 0. The number of carbonyl (C=O) groups is 1. The van der Waals surface area contributed by atoms with Crippen LogP contribution in [-0.2, 0) is 0 Å². The molecule has 0 spiro atoms. The minimum atomic E-state index is -0.202. The molecule has 0 bridgehead atoms. The lowest BCUT2D eigenvalue weighted by Gasteiger charge is -2.09. The van der Waals surface area contributed by atoms with Gasteiger partial charge in [-0.2, -0.15) is 0 Å². The van der Waals surface area contributed by atoms with Crippen molar-refractivity contribution < 1.29 is 14.3 Å². The van der Waals surface area contributed by atoms with E-state index in [0.29, 0.717) is 22.6 Å². The van der Waals surface area contributed by atoms with Crippen molar-refractivity contribution in [2.75, 3.05) is 20.0 Å². The number of nitrogens with zero attached hydrogens (tertiary/aromatic N) is 1. The molecule has 2 aromatic rings. The summed E-state index contributed by atoms with van der Waals surface area (Å²) in [4.78, 5) is 16.2. The van der Waals surface area contributed by atoms with Crippen LogP contribution in [0.4, 0.5) is 5.82 Å². The van der Waals surface area contributed by atoms with Gasteiger partial charge in [0.15, 0.2) is 17.3 Å². The van der Waals surface area contributed by atoms with Gasteiger partial charge < -0.3 is 15.2 Å². The Balaban J connectivity index is 2.42. The molecule has 0 aliphatic carbocycles. The predicted octanol–water partition coefficient (Wildman–Crippen LogP) is 1.91. The van der Waals surface area contributed by atoms with Crippen LogP contribution in [-0.4, -0.2) is 25.0 Å². The number of pyridine rings is 1. The highest BCUT2D eigenvalue weighted by atomic mass is 16.5. The Labute approximate surface area is 111 Å². The summed E-state index contributed by atoms with van der Waals surface area (Å²) in [6.07, 6.45) is 1.54. The first-order chi connectivity index (χ1) is 9.17. The lowest BCUT2D eigenvalue weighted by molar-refractivity contribution is 0.103. The third kappa shape index (κ3) is 2.49. The highest BCUT2D eigenvalue weighted by molar-refractivity contribution is 6.11. The Morgan fingerprint density at radius 3 is 2.53 bits per heavy atom. The van der Waals surface area contributed by atoms with E-state index in [-0.39, 0.29) is 11.6 Å².